The summed E-state index contributed by atoms with van der Waals surface area (Å²) in [5.74, 6) is -0.1000. The SMILES string of the molecule is Cc1ccc(S(=O)(=O)c2cc(O)c3ccc(Cl)cc3c2-c2ccccc2)cc1. The summed E-state index contributed by atoms with van der Waals surface area (Å²) < 4.78 is 27.0. The van der Waals surface area contributed by atoms with Crippen LogP contribution in [0, 0.1) is 6.92 Å². The van der Waals surface area contributed by atoms with E-state index < -0.39 is 9.84 Å². The number of aryl methyl sites for hydroxylation is 1. The molecule has 140 valence electrons. The van der Waals surface area contributed by atoms with Gasteiger partial charge < -0.3 is 5.11 Å². The van der Waals surface area contributed by atoms with Gasteiger partial charge in [0.25, 0.3) is 0 Å². The van der Waals surface area contributed by atoms with E-state index in [0.29, 0.717) is 21.4 Å². The lowest BCUT2D eigenvalue weighted by molar-refractivity contribution is 0.479. The molecule has 28 heavy (non-hydrogen) atoms. The highest BCUT2D eigenvalue weighted by molar-refractivity contribution is 7.91. The molecule has 0 heterocycles. The van der Waals surface area contributed by atoms with Crippen LogP contribution in [0.25, 0.3) is 21.9 Å². The second-order valence-corrected chi connectivity index (χ2v) is 9.00. The lowest BCUT2D eigenvalue weighted by atomic mass is 9.97. The number of halogens is 1. The number of fused-ring (bicyclic) bond motifs is 1. The maximum atomic E-state index is 13.5. The van der Waals surface area contributed by atoms with Crippen LogP contribution in [-0.4, -0.2) is 13.5 Å². The van der Waals surface area contributed by atoms with Gasteiger partial charge in [-0.15, -0.1) is 0 Å². The van der Waals surface area contributed by atoms with Crippen molar-refractivity contribution in [2.75, 3.05) is 0 Å². The molecule has 5 heteroatoms. The highest BCUT2D eigenvalue weighted by Gasteiger charge is 2.25. The molecule has 0 aromatic heterocycles. The first-order chi connectivity index (χ1) is 13.4. The highest BCUT2D eigenvalue weighted by Crippen LogP contribution is 2.42. The van der Waals surface area contributed by atoms with Crippen LogP contribution < -0.4 is 0 Å². The van der Waals surface area contributed by atoms with Crippen LogP contribution in [0.15, 0.2) is 88.7 Å². The fourth-order valence-corrected chi connectivity index (χ4v) is 5.00. The van der Waals surface area contributed by atoms with Crippen molar-refractivity contribution in [1.29, 1.82) is 0 Å². The van der Waals surface area contributed by atoms with Gasteiger partial charge in [0.1, 0.15) is 5.75 Å². The molecule has 0 aliphatic carbocycles. The van der Waals surface area contributed by atoms with Gasteiger partial charge in [-0.2, -0.15) is 0 Å². The van der Waals surface area contributed by atoms with Gasteiger partial charge in [0, 0.05) is 22.0 Å². The van der Waals surface area contributed by atoms with Crippen LogP contribution in [0.4, 0.5) is 0 Å². The Balaban J connectivity index is 2.13. The van der Waals surface area contributed by atoms with Gasteiger partial charge in [0.05, 0.1) is 9.79 Å². The molecule has 0 saturated carbocycles. The van der Waals surface area contributed by atoms with E-state index >= 15 is 0 Å². The molecule has 0 radical (unpaired) electrons. The molecule has 3 nitrogen and oxygen atoms in total. The van der Waals surface area contributed by atoms with Crippen molar-refractivity contribution in [3.05, 3.63) is 89.4 Å². The Labute approximate surface area is 168 Å². The average molecular weight is 409 g/mol. The molecule has 0 spiro atoms. The maximum Gasteiger partial charge on any atom is 0.207 e. The second-order valence-electron chi connectivity index (χ2n) is 6.64. The van der Waals surface area contributed by atoms with E-state index in [1.807, 2.05) is 37.3 Å². The van der Waals surface area contributed by atoms with Crippen molar-refractivity contribution >= 4 is 32.2 Å². The van der Waals surface area contributed by atoms with E-state index in [2.05, 4.69) is 0 Å². The largest absolute Gasteiger partial charge is 0.507 e. The predicted molar refractivity (Wildman–Crippen MR) is 113 cm³/mol. The van der Waals surface area contributed by atoms with Gasteiger partial charge >= 0.3 is 0 Å². The van der Waals surface area contributed by atoms with E-state index in [1.165, 1.54) is 6.07 Å². The Hall–Kier alpha value is -2.82. The van der Waals surface area contributed by atoms with Crippen LogP contribution in [0.1, 0.15) is 5.56 Å². The molecule has 0 aliphatic rings. The molecule has 4 rings (SSSR count). The minimum Gasteiger partial charge on any atom is -0.507 e. The number of aromatic hydroxyl groups is 1. The standard InChI is InChI=1S/C23H17ClO3S/c1-15-7-10-18(11-8-15)28(26,27)22-14-21(25)19-12-9-17(24)13-20(19)23(22)16-5-3-2-4-6-16/h2-14,25H,1H3. The van der Waals surface area contributed by atoms with Crippen molar-refractivity contribution in [2.45, 2.75) is 16.7 Å². The van der Waals surface area contributed by atoms with Gasteiger partial charge in [0.15, 0.2) is 0 Å². The lowest BCUT2D eigenvalue weighted by Gasteiger charge is -2.16. The molecule has 4 aromatic rings. The summed E-state index contributed by atoms with van der Waals surface area (Å²) in [6.45, 7) is 1.90. The quantitative estimate of drug-likeness (QED) is 0.451. The molecule has 0 aliphatic heterocycles. The van der Waals surface area contributed by atoms with Crippen molar-refractivity contribution in [3.8, 4) is 16.9 Å². The third-order valence-electron chi connectivity index (χ3n) is 4.72. The summed E-state index contributed by atoms with van der Waals surface area (Å²) in [4.78, 5) is 0.228. The fraction of sp³-hybridized carbons (Fsp3) is 0.0435. The number of hydrogen-bond acceptors (Lipinski definition) is 3. The molecule has 0 bridgehead atoms. The number of benzene rings is 4. The zero-order valence-corrected chi connectivity index (χ0v) is 16.6. The Morgan fingerprint density at radius 3 is 2.18 bits per heavy atom. The topological polar surface area (TPSA) is 54.4 Å². The Kier molecular flexibility index (Phi) is 4.61. The summed E-state index contributed by atoms with van der Waals surface area (Å²) in [5.41, 5.74) is 2.23. The Morgan fingerprint density at radius 1 is 0.821 bits per heavy atom. The minimum atomic E-state index is -3.86. The minimum absolute atomic E-state index is 0.0508. The second kappa shape index (κ2) is 6.97. The highest BCUT2D eigenvalue weighted by atomic mass is 35.5. The van der Waals surface area contributed by atoms with Gasteiger partial charge in [-0.1, -0.05) is 59.6 Å². The lowest BCUT2D eigenvalue weighted by Crippen LogP contribution is -2.05. The molecular formula is C23H17ClO3S. The van der Waals surface area contributed by atoms with Crippen LogP contribution in [0.5, 0.6) is 5.75 Å². The van der Waals surface area contributed by atoms with E-state index in [0.717, 1.165) is 11.1 Å². The molecule has 0 amide bonds. The Bertz CT molecular complexity index is 1280. The zero-order chi connectivity index (χ0) is 19.9. The van der Waals surface area contributed by atoms with Gasteiger partial charge in [-0.25, -0.2) is 8.42 Å². The van der Waals surface area contributed by atoms with Gasteiger partial charge in [-0.3, -0.25) is 0 Å². The first-order valence-electron chi connectivity index (χ1n) is 8.70. The molecule has 1 N–H and O–H groups in total. The normalized spacial score (nSPS) is 11.6. The third kappa shape index (κ3) is 3.15. The van der Waals surface area contributed by atoms with E-state index in [9.17, 15) is 13.5 Å². The van der Waals surface area contributed by atoms with Crippen LogP contribution in [-0.2, 0) is 9.84 Å². The van der Waals surface area contributed by atoms with Crippen LogP contribution in [0.3, 0.4) is 0 Å². The van der Waals surface area contributed by atoms with Gasteiger partial charge in [0.2, 0.25) is 9.84 Å². The monoisotopic (exact) mass is 408 g/mol. The van der Waals surface area contributed by atoms with E-state index in [1.54, 1.807) is 42.5 Å². The van der Waals surface area contributed by atoms with Crippen molar-refractivity contribution in [3.63, 3.8) is 0 Å². The first-order valence-corrected chi connectivity index (χ1v) is 10.6. The molecule has 4 aromatic carbocycles. The molecule has 0 unspecified atom stereocenters. The molecule has 0 saturated heterocycles. The van der Waals surface area contributed by atoms with Crippen LogP contribution in [0.2, 0.25) is 5.02 Å². The third-order valence-corrected chi connectivity index (χ3v) is 6.75. The molecular weight excluding hydrogens is 392 g/mol. The van der Waals surface area contributed by atoms with Crippen molar-refractivity contribution in [1.82, 2.24) is 0 Å². The van der Waals surface area contributed by atoms with Crippen molar-refractivity contribution in [2.24, 2.45) is 0 Å². The van der Waals surface area contributed by atoms with Crippen LogP contribution >= 0.6 is 11.6 Å². The number of phenols is 1. The fourth-order valence-electron chi connectivity index (χ4n) is 3.31. The maximum absolute atomic E-state index is 13.5. The van der Waals surface area contributed by atoms with Crippen molar-refractivity contribution < 1.29 is 13.5 Å². The average Bonchev–Trinajstić information content (AvgIpc) is 2.68. The summed E-state index contributed by atoms with van der Waals surface area (Å²) in [6, 6.07) is 22.3. The van der Waals surface area contributed by atoms with Gasteiger partial charge in [-0.05, 0) is 48.2 Å². The zero-order valence-electron chi connectivity index (χ0n) is 15.1. The first kappa shape index (κ1) is 18.5. The summed E-state index contributed by atoms with van der Waals surface area (Å²) in [7, 11) is -3.86. The Morgan fingerprint density at radius 2 is 1.50 bits per heavy atom. The number of phenolic OH excluding ortho intramolecular Hbond substituents is 1. The van der Waals surface area contributed by atoms with E-state index in [-0.39, 0.29) is 15.5 Å². The number of sulfone groups is 1. The van der Waals surface area contributed by atoms with E-state index in [4.69, 9.17) is 11.6 Å². The summed E-state index contributed by atoms with van der Waals surface area (Å²) in [6.07, 6.45) is 0. The predicted octanol–water partition coefficient (Wildman–Crippen LogP) is 6.01. The smallest absolute Gasteiger partial charge is 0.207 e. The molecule has 0 atom stereocenters. The number of rotatable bonds is 3. The molecule has 0 fully saturated rings. The summed E-state index contributed by atoms with van der Waals surface area (Å²) >= 11 is 6.20. The number of hydrogen-bond donors (Lipinski definition) is 1. The summed E-state index contributed by atoms with van der Waals surface area (Å²) in [5, 5.41) is 12.2.